The molecule has 0 spiro atoms. The molecule has 1 rings (SSSR count). The molecule has 1 fully saturated rings. The summed E-state index contributed by atoms with van der Waals surface area (Å²) < 4.78 is 0. The fourth-order valence-electron chi connectivity index (χ4n) is 1.50. The molecular weight excluding hydrogens is 170 g/mol. The first-order chi connectivity index (χ1) is 6.18. The minimum atomic E-state index is -0.919. The summed E-state index contributed by atoms with van der Waals surface area (Å²) in [6.45, 7) is 2.22. The number of aliphatic hydroxyl groups is 1. The van der Waals surface area contributed by atoms with Crippen molar-refractivity contribution < 1.29 is 15.0 Å². The molecule has 0 aromatic carbocycles. The molecule has 1 atom stereocenters. The van der Waals surface area contributed by atoms with Gasteiger partial charge in [-0.3, -0.25) is 4.90 Å². The molecular formula is C9H15NO3. The lowest BCUT2D eigenvalue weighted by Gasteiger charge is -2.28. The molecule has 1 unspecified atom stereocenters. The average molecular weight is 185 g/mol. The number of aliphatic hydroxyl groups excluding tert-OH is 1. The van der Waals surface area contributed by atoms with Crippen LogP contribution < -0.4 is 0 Å². The number of carboxylic acids is 1. The molecule has 4 heteroatoms. The van der Waals surface area contributed by atoms with Gasteiger partial charge < -0.3 is 10.2 Å². The van der Waals surface area contributed by atoms with Crippen molar-refractivity contribution in [3.05, 3.63) is 12.2 Å². The van der Waals surface area contributed by atoms with E-state index in [1.54, 1.807) is 6.08 Å². The third-order valence-electron chi connectivity index (χ3n) is 2.10. The Bertz CT molecular complexity index is 203. The van der Waals surface area contributed by atoms with Crippen LogP contribution in [0.15, 0.2) is 12.2 Å². The summed E-state index contributed by atoms with van der Waals surface area (Å²) in [5.74, 6) is -0.919. The van der Waals surface area contributed by atoms with Gasteiger partial charge in [0, 0.05) is 19.2 Å². The molecule has 74 valence electrons. The summed E-state index contributed by atoms with van der Waals surface area (Å²) in [5, 5.41) is 17.6. The monoisotopic (exact) mass is 185 g/mol. The van der Waals surface area contributed by atoms with Crippen molar-refractivity contribution in [2.24, 2.45) is 0 Å². The number of likely N-dealkylation sites (tertiary alicyclic amines) is 1. The van der Waals surface area contributed by atoms with Crippen molar-refractivity contribution in [3.63, 3.8) is 0 Å². The molecule has 1 saturated heterocycles. The highest BCUT2D eigenvalue weighted by Crippen LogP contribution is 2.08. The number of carbonyl (C=O) groups is 1. The smallest absolute Gasteiger partial charge is 0.328 e. The van der Waals surface area contributed by atoms with Crippen LogP contribution in [0.4, 0.5) is 0 Å². The van der Waals surface area contributed by atoms with Gasteiger partial charge in [-0.25, -0.2) is 4.79 Å². The van der Waals surface area contributed by atoms with E-state index in [1.165, 1.54) is 0 Å². The Morgan fingerprint density at radius 1 is 1.62 bits per heavy atom. The standard InChI is InChI=1S/C9H15NO3/c11-8-3-1-5-10(7-8)6-2-4-9(12)13/h2,4,8,11H,1,3,5-7H2,(H,12,13). The van der Waals surface area contributed by atoms with Crippen molar-refractivity contribution >= 4 is 5.97 Å². The average Bonchev–Trinajstić information content (AvgIpc) is 2.03. The van der Waals surface area contributed by atoms with E-state index in [1.807, 2.05) is 4.90 Å². The van der Waals surface area contributed by atoms with Crippen molar-refractivity contribution in [1.29, 1.82) is 0 Å². The molecule has 2 N–H and O–H groups in total. The number of hydrogen-bond acceptors (Lipinski definition) is 3. The molecule has 0 saturated carbocycles. The molecule has 0 aromatic heterocycles. The number of carboxylic acid groups (broad SMARTS) is 1. The second-order valence-corrected chi connectivity index (χ2v) is 3.30. The molecule has 4 nitrogen and oxygen atoms in total. The quantitative estimate of drug-likeness (QED) is 0.611. The lowest BCUT2D eigenvalue weighted by atomic mass is 10.1. The zero-order chi connectivity index (χ0) is 9.68. The lowest BCUT2D eigenvalue weighted by Crippen LogP contribution is -2.38. The number of rotatable bonds is 3. The van der Waals surface area contributed by atoms with Crippen LogP contribution in [0.25, 0.3) is 0 Å². The zero-order valence-electron chi connectivity index (χ0n) is 7.52. The van der Waals surface area contributed by atoms with Gasteiger partial charge in [-0.2, -0.15) is 0 Å². The van der Waals surface area contributed by atoms with Crippen LogP contribution in [0.2, 0.25) is 0 Å². The van der Waals surface area contributed by atoms with E-state index in [2.05, 4.69) is 0 Å². The highest BCUT2D eigenvalue weighted by atomic mass is 16.4. The summed E-state index contributed by atoms with van der Waals surface area (Å²) >= 11 is 0. The van der Waals surface area contributed by atoms with Gasteiger partial charge in [0.2, 0.25) is 0 Å². The van der Waals surface area contributed by atoms with E-state index in [-0.39, 0.29) is 6.10 Å². The summed E-state index contributed by atoms with van der Waals surface area (Å²) in [6, 6.07) is 0. The summed E-state index contributed by atoms with van der Waals surface area (Å²) in [7, 11) is 0. The van der Waals surface area contributed by atoms with E-state index in [0.29, 0.717) is 13.1 Å². The molecule has 0 radical (unpaired) electrons. The second kappa shape index (κ2) is 4.99. The lowest BCUT2D eigenvalue weighted by molar-refractivity contribution is -0.131. The molecule has 0 bridgehead atoms. The molecule has 1 aliphatic heterocycles. The van der Waals surface area contributed by atoms with Crippen LogP contribution in [0.1, 0.15) is 12.8 Å². The minimum Gasteiger partial charge on any atom is -0.478 e. The Hall–Kier alpha value is -0.870. The van der Waals surface area contributed by atoms with E-state index in [0.717, 1.165) is 25.5 Å². The molecule has 0 aliphatic carbocycles. The van der Waals surface area contributed by atoms with Crippen LogP contribution in [-0.2, 0) is 4.79 Å². The molecule has 1 heterocycles. The van der Waals surface area contributed by atoms with Crippen LogP contribution in [0, 0.1) is 0 Å². The Morgan fingerprint density at radius 2 is 2.38 bits per heavy atom. The molecule has 13 heavy (non-hydrogen) atoms. The maximum Gasteiger partial charge on any atom is 0.328 e. The number of nitrogens with zero attached hydrogens (tertiary/aromatic N) is 1. The maximum absolute atomic E-state index is 10.2. The van der Waals surface area contributed by atoms with Gasteiger partial charge in [-0.05, 0) is 19.4 Å². The first-order valence-corrected chi connectivity index (χ1v) is 4.48. The van der Waals surface area contributed by atoms with E-state index >= 15 is 0 Å². The second-order valence-electron chi connectivity index (χ2n) is 3.30. The predicted octanol–water partition coefficient (Wildman–Crippen LogP) is 0.0839. The minimum absolute atomic E-state index is 0.244. The molecule has 1 aliphatic rings. The summed E-state index contributed by atoms with van der Waals surface area (Å²) in [5.41, 5.74) is 0. The van der Waals surface area contributed by atoms with Gasteiger partial charge in [0.15, 0.2) is 0 Å². The summed E-state index contributed by atoms with van der Waals surface area (Å²) in [4.78, 5) is 12.2. The van der Waals surface area contributed by atoms with Gasteiger partial charge in [-0.15, -0.1) is 0 Å². The third-order valence-corrected chi connectivity index (χ3v) is 2.10. The Balaban J connectivity index is 2.24. The number of piperidine rings is 1. The van der Waals surface area contributed by atoms with Gasteiger partial charge in [-0.1, -0.05) is 6.08 Å². The Morgan fingerprint density at radius 3 is 3.00 bits per heavy atom. The van der Waals surface area contributed by atoms with E-state index in [4.69, 9.17) is 5.11 Å². The third kappa shape index (κ3) is 4.05. The highest BCUT2D eigenvalue weighted by molar-refractivity contribution is 5.79. The fraction of sp³-hybridized carbons (Fsp3) is 0.667. The van der Waals surface area contributed by atoms with Crippen molar-refractivity contribution in [2.75, 3.05) is 19.6 Å². The van der Waals surface area contributed by atoms with Crippen molar-refractivity contribution in [2.45, 2.75) is 18.9 Å². The van der Waals surface area contributed by atoms with Gasteiger partial charge in [0.1, 0.15) is 0 Å². The fourth-order valence-corrected chi connectivity index (χ4v) is 1.50. The zero-order valence-corrected chi connectivity index (χ0v) is 7.52. The molecule has 0 aromatic rings. The van der Waals surface area contributed by atoms with Crippen LogP contribution in [-0.4, -0.2) is 46.8 Å². The van der Waals surface area contributed by atoms with Gasteiger partial charge >= 0.3 is 5.97 Å². The van der Waals surface area contributed by atoms with E-state index < -0.39 is 5.97 Å². The van der Waals surface area contributed by atoms with Crippen molar-refractivity contribution in [3.8, 4) is 0 Å². The Kier molecular flexibility index (Phi) is 3.92. The number of β-amino-alcohol motifs (C(OH)–C–C–N with tert-alkyl or cyclic N) is 1. The first kappa shape index (κ1) is 10.2. The van der Waals surface area contributed by atoms with Crippen LogP contribution >= 0.6 is 0 Å². The van der Waals surface area contributed by atoms with Crippen LogP contribution in [0.5, 0.6) is 0 Å². The first-order valence-electron chi connectivity index (χ1n) is 4.48. The van der Waals surface area contributed by atoms with Crippen molar-refractivity contribution in [1.82, 2.24) is 4.90 Å². The number of aliphatic carboxylic acids is 1. The predicted molar refractivity (Wildman–Crippen MR) is 48.5 cm³/mol. The summed E-state index contributed by atoms with van der Waals surface area (Å²) in [6.07, 6.45) is 4.36. The maximum atomic E-state index is 10.2. The van der Waals surface area contributed by atoms with Crippen LogP contribution in [0.3, 0.4) is 0 Å². The number of hydrogen-bond donors (Lipinski definition) is 2. The van der Waals surface area contributed by atoms with E-state index in [9.17, 15) is 9.90 Å². The van der Waals surface area contributed by atoms with Gasteiger partial charge in [0.05, 0.1) is 6.10 Å². The normalized spacial score (nSPS) is 25.2. The topological polar surface area (TPSA) is 60.8 Å². The molecule has 0 amide bonds. The SMILES string of the molecule is O=C(O)C=CCN1CCCC(O)C1. The largest absolute Gasteiger partial charge is 0.478 e. The highest BCUT2D eigenvalue weighted by Gasteiger charge is 2.15. The van der Waals surface area contributed by atoms with Gasteiger partial charge in [0.25, 0.3) is 0 Å². The Labute approximate surface area is 77.5 Å².